The molecular weight excluding hydrogens is 558 g/mol. The van der Waals surface area contributed by atoms with Gasteiger partial charge in [0.15, 0.2) is 6.10 Å². The number of hydrogen-bond acceptors (Lipinski definition) is 7. The van der Waals surface area contributed by atoms with E-state index in [0.717, 1.165) is 38.5 Å². The third-order valence-corrected chi connectivity index (χ3v) is 8.24. The van der Waals surface area contributed by atoms with Crippen molar-refractivity contribution in [1.82, 2.24) is 0 Å². The molecule has 44 heavy (non-hydrogen) atoms. The van der Waals surface area contributed by atoms with Gasteiger partial charge in [0.2, 0.25) is 0 Å². The van der Waals surface area contributed by atoms with Crippen LogP contribution < -0.4 is 5.11 Å². The summed E-state index contributed by atoms with van der Waals surface area (Å²) in [7, 11) is 5.39. The summed E-state index contributed by atoms with van der Waals surface area (Å²) >= 11 is 0. The third-order valence-electron chi connectivity index (χ3n) is 8.24. The lowest BCUT2D eigenvalue weighted by Crippen LogP contribution is -2.55. The van der Waals surface area contributed by atoms with E-state index in [1.54, 1.807) is 21.1 Å². The highest BCUT2D eigenvalue weighted by molar-refractivity contribution is 5.70. The van der Waals surface area contributed by atoms with Gasteiger partial charge in [-0.3, -0.25) is 9.59 Å². The first-order valence-corrected chi connectivity index (χ1v) is 18.1. The molecule has 0 heterocycles. The van der Waals surface area contributed by atoms with E-state index in [-0.39, 0.29) is 42.7 Å². The van der Waals surface area contributed by atoms with Gasteiger partial charge in [0.25, 0.3) is 0 Å². The molecule has 0 fully saturated rings. The zero-order chi connectivity index (χ0) is 32.9. The first-order chi connectivity index (χ1) is 21.1. The number of esters is 2. The number of unbranched alkanes of at least 4 members (excludes halogenated alkanes) is 18. The van der Waals surface area contributed by atoms with Crippen LogP contribution in [0.5, 0.6) is 0 Å². The lowest BCUT2D eigenvalue weighted by Gasteiger charge is -2.34. The van der Waals surface area contributed by atoms with Crippen molar-refractivity contribution in [3.63, 3.8) is 0 Å². The van der Waals surface area contributed by atoms with Crippen molar-refractivity contribution in [3.8, 4) is 0 Å². The average molecular weight is 628 g/mol. The second-order valence-electron chi connectivity index (χ2n) is 13.5. The summed E-state index contributed by atoms with van der Waals surface area (Å²) in [6.07, 6.45) is 24.1. The van der Waals surface area contributed by atoms with Crippen LogP contribution in [0.1, 0.15) is 162 Å². The van der Waals surface area contributed by atoms with Crippen molar-refractivity contribution < 1.29 is 38.2 Å². The fourth-order valence-corrected chi connectivity index (χ4v) is 5.36. The van der Waals surface area contributed by atoms with Gasteiger partial charge in [0.1, 0.15) is 12.6 Å². The average Bonchev–Trinajstić information content (AvgIpc) is 2.96. The quantitative estimate of drug-likeness (QED) is 0.0438. The second kappa shape index (κ2) is 28.8. The van der Waals surface area contributed by atoms with E-state index < -0.39 is 18.1 Å². The van der Waals surface area contributed by atoms with Crippen LogP contribution in [0.3, 0.4) is 0 Å². The minimum atomic E-state index is -1.12. The molecule has 0 aromatic rings. The predicted octanol–water partition coefficient (Wildman–Crippen LogP) is 7.29. The maximum Gasteiger partial charge on any atom is 0.306 e. The van der Waals surface area contributed by atoms with Crippen LogP contribution >= 0.6 is 0 Å². The van der Waals surface area contributed by atoms with Gasteiger partial charge < -0.3 is 28.6 Å². The fourth-order valence-electron chi connectivity index (χ4n) is 5.36. The molecule has 0 saturated carbocycles. The number of carbonyl (C=O) groups is 3. The molecule has 0 rings (SSSR count). The SMILES string of the molecule is CCCCCCCCCCCCCCC(=O)OC(COCCC(C(=O)[O-])[N+](C)(C)C)COC(=O)CCCCCCCCCC. The van der Waals surface area contributed by atoms with Crippen LogP contribution in [0.4, 0.5) is 0 Å². The normalized spacial score (nSPS) is 13.0. The van der Waals surface area contributed by atoms with Crippen molar-refractivity contribution in [2.24, 2.45) is 0 Å². The van der Waals surface area contributed by atoms with Crippen molar-refractivity contribution in [1.29, 1.82) is 0 Å². The molecule has 0 aliphatic rings. The first kappa shape index (κ1) is 42.3. The lowest BCUT2D eigenvalue weighted by molar-refractivity contribution is -0.889. The molecule has 2 unspecified atom stereocenters. The van der Waals surface area contributed by atoms with Crippen molar-refractivity contribution in [2.75, 3.05) is 41.0 Å². The minimum Gasteiger partial charge on any atom is -0.544 e. The monoisotopic (exact) mass is 628 g/mol. The van der Waals surface area contributed by atoms with Gasteiger partial charge in [-0.2, -0.15) is 0 Å². The Morgan fingerprint density at radius 3 is 1.41 bits per heavy atom. The molecule has 0 radical (unpaired) electrons. The summed E-state index contributed by atoms with van der Waals surface area (Å²) in [4.78, 5) is 36.4. The number of carboxylic acids is 1. The minimum absolute atomic E-state index is 0.0478. The first-order valence-electron chi connectivity index (χ1n) is 18.1. The van der Waals surface area contributed by atoms with Crippen molar-refractivity contribution >= 4 is 17.9 Å². The summed E-state index contributed by atoms with van der Waals surface area (Å²) in [5.74, 6) is -1.73. The van der Waals surface area contributed by atoms with Crippen LogP contribution in [0, 0.1) is 0 Å². The highest BCUT2D eigenvalue weighted by Gasteiger charge is 2.25. The number of carboxylic acid groups (broad SMARTS) is 1. The van der Waals surface area contributed by atoms with Gasteiger partial charge in [-0.05, 0) is 12.8 Å². The van der Waals surface area contributed by atoms with E-state index in [1.807, 2.05) is 0 Å². The number of carbonyl (C=O) groups excluding carboxylic acids is 3. The smallest absolute Gasteiger partial charge is 0.306 e. The Labute approximate surface area is 270 Å². The summed E-state index contributed by atoms with van der Waals surface area (Å²) in [6, 6.07) is -0.716. The summed E-state index contributed by atoms with van der Waals surface area (Å²) in [6.45, 7) is 4.62. The number of aliphatic carboxylic acids is 1. The highest BCUT2D eigenvalue weighted by atomic mass is 16.6. The molecule has 0 N–H and O–H groups in total. The Balaban J connectivity index is 4.42. The van der Waals surface area contributed by atoms with Gasteiger partial charge >= 0.3 is 11.9 Å². The maximum absolute atomic E-state index is 12.6. The highest BCUT2D eigenvalue weighted by Crippen LogP contribution is 2.14. The molecule has 0 aromatic heterocycles. The van der Waals surface area contributed by atoms with Gasteiger partial charge in [0, 0.05) is 19.3 Å². The van der Waals surface area contributed by atoms with E-state index in [1.165, 1.54) is 89.9 Å². The van der Waals surface area contributed by atoms with E-state index in [4.69, 9.17) is 14.2 Å². The van der Waals surface area contributed by atoms with Crippen LogP contribution in [-0.2, 0) is 28.6 Å². The number of likely N-dealkylation sites (N-methyl/N-ethyl adjacent to an activating group) is 1. The van der Waals surface area contributed by atoms with Crippen LogP contribution in [0.15, 0.2) is 0 Å². The van der Waals surface area contributed by atoms with Gasteiger partial charge in [-0.15, -0.1) is 0 Å². The Hall–Kier alpha value is -1.67. The van der Waals surface area contributed by atoms with E-state index >= 15 is 0 Å². The van der Waals surface area contributed by atoms with E-state index in [0.29, 0.717) is 12.8 Å². The molecule has 0 aromatic carbocycles. The zero-order valence-corrected chi connectivity index (χ0v) is 29.3. The Morgan fingerprint density at radius 2 is 1.00 bits per heavy atom. The zero-order valence-electron chi connectivity index (χ0n) is 29.3. The maximum atomic E-state index is 12.6. The van der Waals surface area contributed by atoms with Crippen molar-refractivity contribution in [2.45, 2.75) is 174 Å². The van der Waals surface area contributed by atoms with Gasteiger partial charge in [0.05, 0.1) is 40.3 Å². The topological polar surface area (TPSA) is 102 Å². The van der Waals surface area contributed by atoms with Gasteiger partial charge in [-0.25, -0.2) is 0 Å². The number of quaternary nitrogens is 1. The standard InChI is InChI=1S/C36H69NO7/c1-6-8-10-12-14-16-17-18-19-21-23-25-27-35(39)44-32(30-42-29-28-33(36(40)41)37(3,4)5)31-43-34(38)26-24-22-20-15-13-11-9-7-2/h32-33H,6-31H2,1-5H3. The fraction of sp³-hybridized carbons (Fsp3) is 0.917. The summed E-state index contributed by atoms with van der Waals surface area (Å²) in [5.41, 5.74) is 0. The molecule has 2 atom stereocenters. The summed E-state index contributed by atoms with van der Waals surface area (Å²) in [5, 5.41) is 11.5. The Kier molecular flexibility index (Phi) is 27.7. The molecule has 0 aliphatic heterocycles. The van der Waals surface area contributed by atoms with E-state index in [2.05, 4.69) is 13.8 Å². The molecule has 8 heteroatoms. The number of rotatable bonds is 32. The lowest BCUT2D eigenvalue weighted by atomic mass is 10.0. The number of hydrogen-bond donors (Lipinski definition) is 0. The van der Waals surface area contributed by atoms with E-state index in [9.17, 15) is 19.5 Å². The van der Waals surface area contributed by atoms with Gasteiger partial charge in [-0.1, -0.05) is 129 Å². The molecular formula is C36H69NO7. The number of ether oxygens (including phenoxy) is 3. The summed E-state index contributed by atoms with van der Waals surface area (Å²) < 4.78 is 17.0. The van der Waals surface area contributed by atoms with Crippen molar-refractivity contribution in [3.05, 3.63) is 0 Å². The molecule has 0 amide bonds. The molecule has 8 nitrogen and oxygen atoms in total. The Morgan fingerprint density at radius 1 is 0.591 bits per heavy atom. The molecule has 0 aliphatic carbocycles. The van der Waals surface area contributed by atoms with Crippen LogP contribution in [0.2, 0.25) is 0 Å². The third kappa shape index (κ3) is 26.7. The largest absolute Gasteiger partial charge is 0.544 e. The van der Waals surface area contributed by atoms with Crippen LogP contribution in [0.25, 0.3) is 0 Å². The second-order valence-corrected chi connectivity index (χ2v) is 13.5. The number of nitrogens with zero attached hydrogens (tertiary/aromatic N) is 1. The molecule has 0 bridgehead atoms. The molecule has 260 valence electrons. The molecule has 0 spiro atoms. The Bertz CT molecular complexity index is 707. The predicted molar refractivity (Wildman–Crippen MR) is 176 cm³/mol. The van der Waals surface area contributed by atoms with Crippen LogP contribution in [-0.4, -0.2) is 75.5 Å². The molecule has 0 saturated heterocycles.